The van der Waals surface area contributed by atoms with Crippen molar-refractivity contribution in [2.75, 3.05) is 42.5 Å². The number of amides is 1. The van der Waals surface area contributed by atoms with Crippen molar-refractivity contribution in [3.8, 4) is 0 Å². The van der Waals surface area contributed by atoms with E-state index in [0.717, 1.165) is 16.3 Å². The van der Waals surface area contributed by atoms with Crippen LogP contribution in [0.3, 0.4) is 0 Å². The summed E-state index contributed by atoms with van der Waals surface area (Å²) in [6.07, 6.45) is 6.80. The van der Waals surface area contributed by atoms with Gasteiger partial charge in [0.2, 0.25) is 0 Å². The van der Waals surface area contributed by atoms with E-state index < -0.39 is 0 Å². The molecule has 2 rings (SSSR count). The van der Waals surface area contributed by atoms with E-state index in [1.54, 1.807) is 19.4 Å². The predicted molar refractivity (Wildman–Crippen MR) is 140 cm³/mol. The normalized spacial score (nSPS) is 11.0. The van der Waals surface area contributed by atoms with Gasteiger partial charge in [0.25, 0.3) is 0 Å². The number of rotatable bonds is 12. The first-order valence-corrected chi connectivity index (χ1v) is 11.7. The molecule has 1 aromatic heterocycles. The topological polar surface area (TPSA) is 100 Å². The van der Waals surface area contributed by atoms with Crippen LogP contribution < -0.4 is 21.3 Å². The maximum atomic E-state index is 11.6. The number of nitrogens with one attached hydrogen (secondary N) is 4. The third-order valence-corrected chi connectivity index (χ3v) is 4.86. The zero-order valence-electron chi connectivity index (χ0n) is 17.3. The summed E-state index contributed by atoms with van der Waals surface area (Å²) in [7, 11) is 1.66. The number of carbonyl (C=O) groups is 1. The summed E-state index contributed by atoms with van der Waals surface area (Å²) in [5.41, 5.74) is 2.25. The Labute approximate surface area is 200 Å². The third-order valence-electron chi connectivity index (χ3n) is 3.76. The molecule has 162 valence electrons. The van der Waals surface area contributed by atoms with Gasteiger partial charge < -0.3 is 0 Å². The van der Waals surface area contributed by atoms with Gasteiger partial charge in [-0.3, -0.25) is 4.79 Å². The van der Waals surface area contributed by atoms with Crippen molar-refractivity contribution in [1.82, 2.24) is 15.3 Å². The number of hydrogen-bond donors (Lipinski definition) is 4. The van der Waals surface area contributed by atoms with Gasteiger partial charge >= 0.3 is 184 Å². The Hall–Kier alpha value is -2.38. The van der Waals surface area contributed by atoms with Crippen molar-refractivity contribution < 1.29 is 9.53 Å². The van der Waals surface area contributed by atoms with E-state index in [1.807, 2.05) is 41.4 Å². The quantitative estimate of drug-likeness (QED) is 0.105. The van der Waals surface area contributed by atoms with E-state index in [4.69, 9.17) is 4.74 Å². The molecule has 0 aliphatic carbocycles. The van der Waals surface area contributed by atoms with E-state index in [1.165, 1.54) is 17.8 Å². The molecule has 4 N–H and O–H groups in total. The molecule has 0 unspecified atom stereocenters. The first-order chi connectivity index (χ1) is 15.1. The van der Waals surface area contributed by atoms with Crippen LogP contribution in [0.15, 0.2) is 59.9 Å². The molecule has 0 aliphatic heterocycles. The number of allylic oxidation sites excluding steroid dienone is 1. The number of ether oxygens (including phenoxy) is 1. The van der Waals surface area contributed by atoms with Crippen LogP contribution in [-0.4, -0.2) is 53.1 Å². The Morgan fingerprint density at radius 3 is 2.87 bits per heavy atom. The number of hydrogen-bond acceptors (Lipinski definition) is 8. The van der Waals surface area contributed by atoms with Gasteiger partial charge in [0.1, 0.15) is 0 Å². The van der Waals surface area contributed by atoms with Gasteiger partial charge in [0, 0.05) is 0 Å². The van der Waals surface area contributed by atoms with E-state index in [-0.39, 0.29) is 5.91 Å². The van der Waals surface area contributed by atoms with E-state index in [0.29, 0.717) is 30.6 Å². The van der Waals surface area contributed by atoms with Gasteiger partial charge in [-0.15, -0.1) is 0 Å². The van der Waals surface area contributed by atoms with Gasteiger partial charge in [-0.25, -0.2) is 0 Å². The van der Waals surface area contributed by atoms with Gasteiger partial charge in [-0.1, -0.05) is 6.58 Å². The number of benzene rings is 1. The average molecular weight is 550 g/mol. The molecule has 11 heteroatoms. The number of carbonyl (C=O) groups excluding carboxylic acids is 1. The van der Waals surface area contributed by atoms with Crippen molar-refractivity contribution in [1.29, 1.82) is 0 Å². The van der Waals surface area contributed by atoms with E-state index >= 15 is 0 Å². The van der Waals surface area contributed by atoms with Crippen LogP contribution in [0.1, 0.15) is 0 Å². The van der Waals surface area contributed by atoms with Crippen molar-refractivity contribution >= 4 is 73.9 Å². The van der Waals surface area contributed by atoms with Crippen LogP contribution in [0.5, 0.6) is 0 Å². The molecule has 1 amide bonds. The van der Waals surface area contributed by atoms with E-state index in [2.05, 4.69) is 60.2 Å². The SMILES string of the molecule is C=CC(=O)Nc1cccc(Nc2nc(N/C(C=BI)=C/NCCOC)ncc2SC)c1. The van der Waals surface area contributed by atoms with Gasteiger partial charge in [0.15, 0.2) is 0 Å². The van der Waals surface area contributed by atoms with Crippen molar-refractivity contribution in [2.45, 2.75) is 4.90 Å². The maximum absolute atomic E-state index is 11.6. The average Bonchev–Trinajstić information content (AvgIpc) is 2.77. The van der Waals surface area contributed by atoms with Crippen LogP contribution in [0.25, 0.3) is 0 Å². The van der Waals surface area contributed by atoms with Gasteiger partial charge in [0.05, 0.1) is 0 Å². The molecule has 0 bridgehead atoms. The Kier molecular flexibility index (Phi) is 11.1. The summed E-state index contributed by atoms with van der Waals surface area (Å²) < 4.78 is 6.94. The second-order valence-corrected chi connectivity index (χ2v) is 7.54. The fourth-order valence-electron chi connectivity index (χ4n) is 2.34. The number of aromatic nitrogens is 2. The van der Waals surface area contributed by atoms with Crippen LogP contribution in [0.4, 0.5) is 23.1 Å². The molecule has 1 heterocycles. The van der Waals surface area contributed by atoms with Crippen molar-refractivity contribution in [3.63, 3.8) is 0 Å². The summed E-state index contributed by atoms with van der Waals surface area (Å²) in [6, 6.07) is 7.37. The standard InChI is InChI=1S/C20H24BIN6O2S/c1-4-18(29)25-14-6-5-7-15(10-14)26-19-17(31-3)13-24-20(28-19)27-16(11-21-22)12-23-8-9-30-2/h4-7,10-13,23H,1,8-9H2,2-3H3,(H,25,29)(H2,24,26,27,28)/b16-12+. The zero-order chi connectivity index (χ0) is 22.5. The molecule has 0 fully saturated rings. The summed E-state index contributed by atoms with van der Waals surface area (Å²) in [4.78, 5) is 21.5. The summed E-state index contributed by atoms with van der Waals surface area (Å²) in [6.45, 7) is 4.77. The third kappa shape index (κ3) is 8.71. The molecule has 0 saturated carbocycles. The number of thioether (sulfide) groups is 1. The van der Waals surface area contributed by atoms with Crippen LogP contribution in [-0.2, 0) is 9.53 Å². The van der Waals surface area contributed by atoms with Crippen molar-refractivity contribution in [2.24, 2.45) is 0 Å². The molecule has 8 nitrogen and oxygen atoms in total. The number of methoxy groups -OCH3 is 1. The Balaban J connectivity index is 2.21. The Morgan fingerprint density at radius 1 is 1.35 bits per heavy atom. The first kappa shape index (κ1) is 24.9. The number of nitrogens with zero attached hydrogens (tertiary/aromatic N) is 2. The van der Waals surface area contributed by atoms with Crippen molar-refractivity contribution in [3.05, 3.63) is 55.0 Å². The molecule has 0 radical (unpaired) electrons. The molecule has 31 heavy (non-hydrogen) atoms. The zero-order valence-corrected chi connectivity index (χ0v) is 20.3. The molecule has 0 saturated heterocycles. The fraction of sp³-hybridized carbons (Fsp3) is 0.200. The fourth-order valence-corrected chi connectivity index (χ4v) is 3.18. The molecular formula is C20H24BIN6O2S. The second-order valence-electron chi connectivity index (χ2n) is 5.97. The molecule has 2 aromatic rings. The molecule has 0 atom stereocenters. The summed E-state index contributed by atoms with van der Waals surface area (Å²) >= 11 is 3.69. The molecular weight excluding hydrogens is 526 g/mol. The van der Waals surface area contributed by atoms with Crippen LogP contribution in [0.2, 0.25) is 0 Å². The monoisotopic (exact) mass is 550 g/mol. The second kappa shape index (κ2) is 13.8. The van der Waals surface area contributed by atoms with E-state index in [9.17, 15) is 4.79 Å². The summed E-state index contributed by atoms with van der Waals surface area (Å²) in [5.74, 6) is 2.75. The predicted octanol–water partition coefficient (Wildman–Crippen LogP) is 3.41. The molecule has 0 spiro atoms. The van der Waals surface area contributed by atoms with Crippen LogP contribution >= 0.6 is 34.1 Å². The number of halogens is 1. The Morgan fingerprint density at radius 2 is 2.16 bits per heavy atom. The number of anilines is 4. The summed E-state index contributed by atoms with van der Waals surface area (Å²) in [5, 5.41) is 12.4. The minimum atomic E-state index is -0.266. The first-order valence-electron chi connectivity index (χ1n) is 9.27. The van der Waals surface area contributed by atoms with Crippen LogP contribution in [0, 0.1) is 0 Å². The molecule has 1 aromatic carbocycles. The van der Waals surface area contributed by atoms with Gasteiger partial charge in [-0.2, -0.15) is 0 Å². The minimum absolute atomic E-state index is 0.266. The Bertz CT molecular complexity index is 957. The van der Waals surface area contributed by atoms with Gasteiger partial charge in [-0.05, 0) is 6.08 Å². The molecule has 0 aliphatic rings.